The number of amides is 2. The predicted octanol–water partition coefficient (Wildman–Crippen LogP) is 3.18. The Balaban J connectivity index is 1.43. The zero-order chi connectivity index (χ0) is 26.9. The van der Waals surface area contributed by atoms with Gasteiger partial charge in [-0.1, -0.05) is 12.8 Å². The summed E-state index contributed by atoms with van der Waals surface area (Å²) in [4.78, 5) is 43.5. The molecule has 0 saturated heterocycles. The minimum absolute atomic E-state index is 0.0463. The molecule has 38 heavy (non-hydrogen) atoms. The third kappa shape index (κ3) is 5.00. The molecule has 0 bridgehead atoms. The van der Waals surface area contributed by atoms with Gasteiger partial charge in [-0.2, -0.15) is 4.98 Å². The molecule has 3 N–H and O–H groups in total. The van der Waals surface area contributed by atoms with E-state index in [1.54, 1.807) is 55.9 Å². The summed E-state index contributed by atoms with van der Waals surface area (Å²) in [7, 11) is 3.33. The van der Waals surface area contributed by atoms with Gasteiger partial charge in [0.25, 0.3) is 5.91 Å². The van der Waals surface area contributed by atoms with Crippen LogP contribution in [0.5, 0.6) is 5.75 Å². The fraction of sp³-hybridized carbons (Fsp3) is 0.444. The van der Waals surface area contributed by atoms with E-state index in [0.29, 0.717) is 53.6 Å². The van der Waals surface area contributed by atoms with Crippen LogP contribution in [-0.4, -0.2) is 61.4 Å². The maximum absolute atomic E-state index is 13.2. The fourth-order valence-corrected chi connectivity index (χ4v) is 5.23. The van der Waals surface area contributed by atoms with E-state index >= 15 is 0 Å². The van der Waals surface area contributed by atoms with E-state index in [1.165, 1.54) is 12.8 Å². The van der Waals surface area contributed by atoms with Crippen LogP contribution in [0.15, 0.2) is 41.3 Å². The second kappa shape index (κ2) is 10.3. The molecular formula is C27H34N8O3. The van der Waals surface area contributed by atoms with Crippen molar-refractivity contribution in [3.8, 4) is 5.75 Å². The molecule has 2 amide bonds. The fourth-order valence-electron chi connectivity index (χ4n) is 5.23. The molecule has 0 atom stereocenters. The van der Waals surface area contributed by atoms with Gasteiger partial charge in [0.1, 0.15) is 17.3 Å². The summed E-state index contributed by atoms with van der Waals surface area (Å²) in [5.41, 5.74) is 1.20. The highest BCUT2D eigenvalue weighted by atomic mass is 16.5. The summed E-state index contributed by atoms with van der Waals surface area (Å²) in [5.74, 6) is 1.86. The van der Waals surface area contributed by atoms with E-state index in [1.807, 2.05) is 13.8 Å². The summed E-state index contributed by atoms with van der Waals surface area (Å²) in [6.07, 6.45) is 9.55. The van der Waals surface area contributed by atoms with E-state index in [2.05, 4.69) is 30.8 Å². The van der Waals surface area contributed by atoms with E-state index in [4.69, 9.17) is 9.72 Å². The van der Waals surface area contributed by atoms with Crippen molar-refractivity contribution in [3.63, 3.8) is 0 Å². The second-order valence-electron chi connectivity index (χ2n) is 10.5. The molecule has 1 aromatic heterocycles. The number of anilines is 4. The highest BCUT2D eigenvalue weighted by Crippen LogP contribution is 2.40. The highest BCUT2D eigenvalue weighted by Gasteiger charge is 2.41. The second-order valence-corrected chi connectivity index (χ2v) is 10.5. The SMILES string of the molecule is COc1cc(C(=O)NC2=CCNC=N2)ccc1Nc1ncc2c(n1)N(C1CCCC1)CC(C)(C)C(=O)N2C. The van der Waals surface area contributed by atoms with E-state index in [-0.39, 0.29) is 11.8 Å². The zero-order valence-corrected chi connectivity index (χ0v) is 22.2. The van der Waals surface area contributed by atoms with E-state index in [9.17, 15) is 9.59 Å². The average molecular weight is 519 g/mol. The van der Waals surface area contributed by atoms with Crippen LogP contribution >= 0.6 is 0 Å². The van der Waals surface area contributed by atoms with Crippen LogP contribution < -0.4 is 30.5 Å². The number of rotatable bonds is 6. The van der Waals surface area contributed by atoms with Gasteiger partial charge >= 0.3 is 0 Å². The summed E-state index contributed by atoms with van der Waals surface area (Å²) >= 11 is 0. The monoisotopic (exact) mass is 518 g/mol. The Labute approximate surface area is 222 Å². The largest absolute Gasteiger partial charge is 0.495 e. The average Bonchev–Trinajstić information content (AvgIpc) is 3.44. The lowest BCUT2D eigenvalue weighted by Gasteiger charge is -2.34. The molecule has 2 aliphatic heterocycles. The number of methoxy groups -OCH3 is 1. The number of fused-ring (bicyclic) bond motifs is 1. The topological polar surface area (TPSA) is 124 Å². The summed E-state index contributed by atoms with van der Waals surface area (Å²) in [6, 6.07) is 5.46. The van der Waals surface area contributed by atoms with Crippen LogP contribution in [0, 0.1) is 5.41 Å². The first-order valence-corrected chi connectivity index (χ1v) is 12.9. The normalized spacial score (nSPS) is 18.8. The molecule has 0 radical (unpaired) electrons. The van der Waals surface area contributed by atoms with Crippen molar-refractivity contribution in [1.29, 1.82) is 0 Å². The number of nitrogens with zero attached hydrogens (tertiary/aromatic N) is 5. The quantitative estimate of drug-likeness (QED) is 0.533. The number of hydrogen-bond acceptors (Lipinski definition) is 9. The number of aromatic nitrogens is 2. The standard InChI is InChI=1S/C27H34N8O3/c1-27(2)15-35(18-7-5-6-8-18)23-20(34(3)25(27)37)14-29-26(33-23)31-19-10-9-17(13-21(19)38-4)24(36)32-22-11-12-28-16-30-22/h9-11,13-14,16,18H,5-8,12,15H2,1-4H3,(H,28,30)(H,32,36)(H,29,31,33). The van der Waals surface area contributed by atoms with Crippen LogP contribution in [0.25, 0.3) is 0 Å². The van der Waals surface area contributed by atoms with E-state index < -0.39 is 5.41 Å². The Hall–Kier alpha value is -4.15. The van der Waals surface area contributed by atoms with Gasteiger partial charge in [0.05, 0.1) is 30.7 Å². The van der Waals surface area contributed by atoms with Crippen molar-refractivity contribution in [3.05, 3.63) is 41.9 Å². The van der Waals surface area contributed by atoms with Crippen LogP contribution in [0.1, 0.15) is 49.9 Å². The van der Waals surface area contributed by atoms with Crippen LogP contribution in [-0.2, 0) is 4.79 Å². The number of aliphatic imine (C=N–C) groups is 1. The number of carbonyl (C=O) groups excluding carboxylic acids is 2. The lowest BCUT2D eigenvalue weighted by atomic mass is 9.91. The molecule has 3 aliphatic rings. The molecule has 11 heteroatoms. The van der Waals surface area contributed by atoms with Gasteiger partial charge < -0.3 is 30.5 Å². The van der Waals surface area contributed by atoms with Crippen molar-refractivity contribution < 1.29 is 14.3 Å². The zero-order valence-electron chi connectivity index (χ0n) is 22.2. The highest BCUT2D eigenvalue weighted by molar-refractivity contribution is 6.01. The minimum atomic E-state index is -0.555. The number of benzene rings is 1. The van der Waals surface area contributed by atoms with Crippen LogP contribution in [0.3, 0.4) is 0 Å². The van der Waals surface area contributed by atoms with Gasteiger partial charge in [0.2, 0.25) is 11.9 Å². The van der Waals surface area contributed by atoms with Crippen molar-refractivity contribution in [2.75, 3.05) is 42.4 Å². The Kier molecular flexibility index (Phi) is 6.92. The molecule has 0 spiro atoms. The molecule has 0 unspecified atom stereocenters. The van der Waals surface area contributed by atoms with Gasteiger partial charge in [-0.3, -0.25) is 9.59 Å². The molecule has 1 aromatic carbocycles. The first kappa shape index (κ1) is 25.5. The van der Waals surface area contributed by atoms with Crippen molar-refractivity contribution in [1.82, 2.24) is 20.6 Å². The molecule has 2 aromatic rings. The third-order valence-electron chi connectivity index (χ3n) is 7.26. The Morgan fingerprint density at radius 1 is 1.24 bits per heavy atom. The van der Waals surface area contributed by atoms with Gasteiger partial charge in [0.15, 0.2) is 5.82 Å². The molecule has 1 saturated carbocycles. The molecule has 5 rings (SSSR count). The molecular weight excluding hydrogens is 484 g/mol. The first-order chi connectivity index (χ1) is 18.3. The summed E-state index contributed by atoms with van der Waals surface area (Å²) in [6.45, 7) is 5.17. The van der Waals surface area contributed by atoms with Gasteiger partial charge in [-0.15, -0.1) is 0 Å². The molecule has 3 heterocycles. The van der Waals surface area contributed by atoms with Crippen molar-refractivity contribution >= 4 is 41.3 Å². The molecule has 1 aliphatic carbocycles. The Morgan fingerprint density at radius 3 is 2.74 bits per heavy atom. The van der Waals surface area contributed by atoms with Crippen molar-refractivity contribution in [2.45, 2.75) is 45.6 Å². The van der Waals surface area contributed by atoms with Crippen molar-refractivity contribution in [2.24, 2.45) is 10.4 Å². The van der Waals surface area contributed by atoms with E-state index in [0.717, 1.165) is 18.7 Å². The first-order valence-electron chi connectivity index (χ1n) is 12.9. The number of ether oxygens (including phenoxy) is 1. The van der Waals surface area contributed by atoms with Crippen LogP contribution in [0.2, 0.25) is 0 Å². The Morgan fingerprint density at radius 2 is 2.03 bits per heavy atom. The Bertz CT molecular complexity index is 1300. The summed E-state index contributed by atoms with van der Waals surface area (Å²) in [5, 5.41) is 8.98. The van der Waals surface area contributed by atoms with Gasteiger partial charge in [-0.25, -0.2) is 9.98 Å². The summed E-state index contributed by atoms with van der Waals surface area (Å²) < 4.78 is 5.58. The maximum Gasteiger partial charge on any atom is 0.256 e. The smallest absolute Gasteiger partial charge is 0.256 e. The molecule has 1 fully saturated rings. The van der Waals surface area contributed by atoms with Gasteiger partial charge in [0, 0.05) is 31.7 Å². The lowest BCUT2D eigenvalue weighted by molar-refractivity contribution is -0.125. The van der Waals surface area contributed by atoms with Gasteiger partial charge in [-0.05, 0) is 51.0 Å². The predicted molar refractivity (Wildman–Crippen MR) is 147 cm³/mol. The number of carbonyl (C=O) groups is 2. The molecule has 11 nitrogen and oxygen atoms in total. The number of nitrogens with one attached hydrogen (secondary N) is 3. The number of hydrogen-bond donors (Lipinski definition) is 3. The minimum Gasteiger partial charge on any atom is -0.495 e. The lowest BCUT2D eigenvalue weighted by Crippen LogP contribution is -2.45. The third-order valence-corrected chi connectivity index (χ3v) is 7.26. The molecule has 200 valence electrons. The van der Waals surface area contributed by atoms with Crippen LogP contribution in [0.4, 0.5) is 23.1 Å². The maximum atomic E-state index is 13.2.